The van der Waals surface area contributed by atoms with Gasteiger partial charge in [0.2, 0.25) is 11.8 Å². The summed E-state index contributed by atoms with van der Waals surface area (Å²) in [6.07, 6.45) is 3.77. The first kappa shape index (κ1) is 16.0. The third-order valence-electron chi connectivity index (χ3n) is 5.04. The number of carbonyl (C=O) groups is 2. The van der Waals surface area contributed by atoms with Crippen LogP contribution in [0.15, 0.2) is 30.3 Å². The first-order chi connectivity index (χ1) is 11.1. The molecule has 0 aromatic heterocycles. The van der Waals surface area contributed by atoms with E-state index in [1.165, 1.54) is 5.56 Å². The van der Waals surface area contributed by atoms with E-state index in [-0.39, 0.29) is 23.8 Å². The highest BCUT2D eigenvalue weighted by Gasteiger charge is 2.35. The maximum atomic E-state index is 12.9. The second-order valence-corrected chi connectivity index (χ2v) is 6.62. The summed E-state index contributed by atoms with van der Waals surface area (Å²) in [6, 6.07) is 10.6. The molecule has 2 saturated heterocycles. The Kier molecular flexibility index (Phi) is 4.96. The molecule has 5 heteroatoms. The van der Waals surface area contributed by atoms with E-state index in [0.717, 1.165) is 45.3 Å². The molecule has 124 valence electrons. The van der Waals surface area contributed by atoms with E-state index in [9.17, 15) is 9.59 Å². The maximum absolute atomic E-state index is 12.9. The summed E-state index contributed by atoms with van der Waals surface area (Å²) >= 11 is 0. The van der Waals surface area contributed by atoms with Crippen LogP contribution in [0.4, 0.5) is 0 Å². The van der Waals surface area contributed by atoms with Crippen LogP contribution in [-0.2, 0) is 9.59 Å². The fraction of sp³-hybridized carbons (Fsp3) is 0.556. The molecule has 2 aliphatic rings. The Hall–Kier alpha value is -1.88. The number of hydrogen-bond donors (Lipinski definition) is 1. The molecule has 3 rings (SSSR count). The summed E-state index contributed by atoms with van der Waals surface area (Å²) in [7, 11) is 0. The Morgan fingerprint density at radius 2 is 1.74 bits per heavy atom. The van der Waals surface area contributed by atoms with E-state index in [1.807, 2.05) is 23.1 Å². The SMILES string of the molecule is NC(=O)CN1CCC(C(=O)N2CCCC2c2ccccc2)CC1. The van der Waals surface area contributed by atoms with Gasteiger partial charge in [-0.05, 0) is 44.3 Å². The summed E-state index contributed by atoms with van der Waals surface area (Å²) in [5, 5.41) is 0. The van der Waals surface area contributed by atoms with Crippen LogP contribution in [0.5, 0.6) is 0 Å². The van der Waals surface area contributed by atoms with Gasteiger partial charge in [-0.2, -0.15) is 0 Å². The number of likely N-dealkylation sites (tertiary alicyclic amines) is 2. The lowest BCUT2D eigenvalue weighted by Gasteiger charge is -2.34. The van der Waals surface area contributed by atoms with Gasteiger partial charge >= 0.3 is 0 Å². The van der Waals surface area contributed by atoms with Crippen molar-refractivity contribution in [3.63, 3.8) is 0 Å². The Morgan fingerprint density at radius 1 is 1.04 bits per heavy atom. The number of nitrogens with zero attached hydrogens (tertiary/aromatic N) is 2. The molecule has 2 N–H and O–H groups in total. The van der Waals surface area contributed by atoms with Crippen LogP contribution in [0, 0.1) is 5.92 Å². The molecule has 2 aliphatic heterocycles. The van der Waals surface area contributed by atoms with Gasteiger partial charge in [0.15, 0.2) is 0 Å². The van der Waals surface area contributed by atoms with Gasteiger partial charge in [0.1, 0.15) is 0 Å². The average Bonchev–Trinajstić information content (AvgIpc) is 3.05. The summed E-state index contributed by atoms with van der Waals surface area (Å²) in [4.78, 5) is 28.0. The lowest BCUT2D eigenvalue weighted by Crippen LogP contribution is -2.44. The van der Waals surface area contributed by atoms with Crippen LogP contribution in [0.3, 0.4) is 0 Å². The Bertz CT molecular complexity index is 553. The summed E-state index contributed by atoms with van der Waals surface area (Å²) in [5.41, 5.74) is 6.48. The second-order valence-electron chi connectivity index (χ2n) is 6.62. The highest BCUT2D eigenvalue weighted by Crippen LogP contribution is 2.34. The summed E-state index contributed by atoms with van der Waals surface area (Å²) in [6.45, 7) is 2.73. The molecular weight excluding hydrogens is 290 g/mol. The number of hydrogen-bond acceptors (Lipinski definition) is 3. The van der Waals surface area contributed by atoms with Crippen LogP contribution in [0.1, 0.15) is 37.3 Å². The van der Waals surface area contributed by atoms with E-state index in [1.54, 1.807) is 0 Å². The zero-order valence-electron chi connectivity index (χ0n) is 13.5. The minimum Gasteiger partial charge on any atom is -0.369 e. The molecule has 0 saturated carbocycles. The number of carbonyl (C=O) groups excluding carboxylic acids is 2. The van der Waals surface area contributed by atoms with Crippen molar-refractivity contribution in [1.82, 2.24) is 9.80 Å². The van der Waals surface area contributed by atoms with E-state index in [2.05, 4.69) is 17.0 Å². The number of nitrogens with two attached hydrogens (primary N) is 1. The van der Waals surface area contributed by atoms with Crippen molar-refractivity contribution >= 4 is 11.8 Å². The number of piperidine rings is 1. The molecule has 2 fully saturated rings. The van der Waals surface area contributed by atoms with Crippen LogP contribution >= 0.6 is 0 Å². The molecular formula is C18H25N3O2. The molecule has 0 aliphatic carbocycles. The summed E-state index contributed by atoms with van der Waals surface area (Å²) in [5.74, 6) is 0.0805. The lowest BCUT2D eigenvalue weighted by atomic mass is 9.94. The molecule has 0 spiro atoms. The monoisotopic (exact) mass is 315 g/mol. The molecule has 2 heterocycles. The number of amides is 2. The lowest BCUT2D eigenvalue weighted by molar-refractivity contribution is -0.138. The van der Waals surface area contributed by atoms with Gasteiger partial charge in [0.05, 0.1) is 12.6 Å². The predicted octanol–water partition coefficient (Wildman–Crippen LogP) is 1.55. The zero-order valence-corrected chi connectivity index (χ0v) is 13.5. The second kappa shape index (κ2) is 7.13. The van der Waals surface area contributed by atoms with Crippen LogP contribution in [0.25, 0.3) is 0 Å². The summed E-state index contributed by atoms with van der Waals surface area (Å²) < 4.78 is 0. The van der Waals surface area contributed by atoms with Crippen LogP contribution in [-0.4, -0.2) is 47.8 Å². The van der Waals surface area contributed by atoms with E-state index in [4.69, 9.17) is 5.73 Å². The Morgan fingerprint density at radius 3 is 2.39 bits per heavy atom. The molecule has 1 aromatic carbocycles. The van der Waals surface area contributed by atoms with Gasteiger partial charge in [-0.15, -0.1) is 0 Å². The van der Waals surface area contributed by atoms with Gasteiger partial charge in [-0.25, -0.2) is 0 Å². The predicted molar refractivity (Wildman–Crippen MR) is 88.5 cm³/mol. The highest BCUT2D eigenvalue weighted by atomic mass is 16.2. The number of rotatable bonds is 4. The molecule has 0 bridgehead atoms. The van der Waals surface area contributed by atoms with Crippen molar-refractivity contribution < 1.29 is 9.59 Å². The van der Waals surface area contributed by atoms with Crippen LogP contribution in [0.2, 0.25) is 0 Å². The van der Waals surface area contributed by atoms with Crippen molar-refractivity contribution in [2.75, 3.05) is 26.2 Å². The van der Waals surface area contributed by atoms with Crippen molar-refractivity contribution in [1.29, 1.82) is 0 Å². The van der Waals surface area contributed by atoms with Crippen molar-refractivity contribution in [3.8, 4) is 0 Å². The van der Waals surface area contributed by atoms with Crippen molar-refractivity contribution in [3.05, 3.63) is 35.9 Å². The minimum absolute atomic E-state index is 0.0865. The topological polar surface area (TPSA) is 66.6 Å². The van der Waals surface area contributed by atoms with Gasteiger partial charge in [0, 0.05) is 12.5 Å². The van der Waals surface area contributed by atoms with Gasteiger partial charge in [-0.3, -0.25) is 14.5 Å². The first-order valence-electron chi connectivity index (χ1n) is 8.51. The molecule has 23 heavy (non-hydrogen) atoms. The van der Waals surface area contributed by atoms with Gasteiger partial charge in [0.25, 0.3) is 0 Å². The molecule has 5 nitrogen and oxygen atoms in total. The number of benzene rings is 1. The molecule has 1 atom stereocenters. The van der Waals surface area contributed by atoms with Crippen molar-refractivity contribution in [2.24, 2.45) is 11.7 Å². The van der Waals surface area contributed by atoms with Gasteiger partial charge < -0.3 is 10.6 Å². The largest absolute Gasteiger partial charge is 0.369 e. The quantitative estimate of drug-likeness (QED) is 0.916. The van der Waals surface area contributed by atoms with Gasteiger partial charge in [-0.1, -0.05) is 30.3 Å². The third-order valence-corrected chi connectivity index (χ3v) is 5.04. The normalized spacial score (nSPS) is 23.1. The fourth-order valence-electron chi connectivity index (χ4n) is 3.85. The zero-order chi connectivity index (χ0) is 16.2. The molecule has 1 unspecified atom stereocenters. The van der Waals surface area contributed by atoms with E-state index < -0.39 is 0 Å². The number of primary amides is 1. The first-order valence-corrected chi connectivity index (χ1v) is 8.51. The van der Waals surface area contributed by atoms with Crippen LogP contribution < -0.4 is 5.73 Å². The van der Waals surface area contributed by atoms with E-state index in [0.29, 0.717) is 6.54 Å². The standard InChI is InChI=1S/C18H25N3O2/c19-17(22)13-20-11-8-15(9-12-20)18(23)21-10-4-7-16(21)14-5-2-1-3-6-14/h1-3,5-6,15-16H,4,7-13H2,(H2,19,22). The highest BCUT2D eigenvalue weighted by molar-refractivity contribution is 5.80. The average molecular weight is 315 g/mol. The fourth-order valence-corrected chi connectivity index (χ4v) is 3.85. The van der Waals surface area contributed by atoms with E-state index >= 15 is 0 Å². The smallest absolute Gasteiger partial charge is 0.231 e. The van der Waals surface area contributed by atoms with Crippen molar-refractivity contribution in [2.45, 2.75) is 31.7 Å². The molecule has 2 amide bonds. The minimum atomic E-state index is -0.293. The third kappa shape index (κ3) is 3.72. The Labute approximate surface area is 137 Å². The Balaban J connectivity index is 1.61. The molecule has 1 aromatic rings. The maximum Gasteiger partial charge on any atom is 0.231 e. The molecule has 0 radical (unpaired) electrons.